The van der Waals surface area contributed by atoms with Crippen molar-refractivity contribution in [2.45, 2.75) is 26.1 Å². The predicted molar refractivity (Wildman–Crippen MR) is 233 cm³/mol. The van der Waals surface area contributed by atoms with Gasteiger partial charge in [-0.3, -0.25) is 4.90 Å². The van der Waals surface area contributed by atoms with Gasteiger partial charge in [0.1, 0.15) is 47.6 Å². The lowest BCUT2D eigenvalue weighted by molar-refractivity contribution is -0.145. The third-order valence-corrected chi connectivity index (χ3v) is 12.2. The van der Waals surface area contributed by atoms with E-state index in [0.717, 1.165) is 26.2 Å². The third kappa shape index (κ3) is 9.14. The Balaban J connectivity index is 1.14. The van der Waals surface area contributed by atoms with Gasteiger partial charge in [-0.15, -0.1) is 11.3 Å². The van der Waals surface area contributed by atoms with Gasteiger partial charge in [-0.1, -0.05) is 41.9 Å². The summed E-state index contributed by atoms with van der Waals surface area (Å²) in [6, 6.07) is 25.3. The van der Waals surface area contributed by atoms with Gasteiger partial charge in [0.25, 0.3) is 0 Å². The third-order valence-electron chi connectivity index (χ3n) is 10.5. The molecule has 1 fully saturated rings. The highest BCUT2D eigenvalue weighted by molar-refractivity contribution is 7.22. The normalized spacial score (nSPS) is 13.7. The highest BCUT2D eigenvalue weighted by atomic mass is 35.5. The van der Waals surface area contributed by atoms with Crippen LogP contribution in [0.3, 0.4) is 0 Å². The molecule has 1 aliphatic heterocycles. The molecule has 314 valence electrons. The number of aliphatic carboxylic acids is 1. The molecular weight excluding hydrogens is 833 g/mol. The second-order valence-corrected chi connectivity index (χ2v) is 16.1. The monoisotopic (exact) mass is 871 g/mol. The molecule has 2 N–H and O–H groups in total. The summed E-state index contributed by atoms with van der Waals surface area (Å²) in [7, 11) is 2.08. The second-order valence-electron chi connectivity index (χ2n) is 14.7. The summed E-state index contributed by atoms with van der Waals surface area (Å²) in [4.78, 5) is 36.8. The van der Waals surface area contributed by atoms with E-state index < -0.39 is 17.9 Å². The van der Waals surface area contributed by atoms with Crippen LogP contribution in [0.5, 0.6) is 23.1 Å². The molecular formula is C46H39ClFN7O6S. The molecule has 13 nitrogen and oxygen atoms in total. The number of carbonyl (C=O) groups is 1. The Labute approximate surface area is 365 Å². The number of carboxylic acids is 1. The van der Waals surface area contributed by atoms with Crippen molar-refractivity contribution in [3.8, 4) is 62.2 Å². The number of aromatic hydroxyl groups is 1. The van der Waals surface area contributed by atoms with E-state index in [4.69, 9.17) is 25.8 Å². The number of fused-ring (bicyclic) bond motifs is 1. The van der Waals surface area contributed by atoms with E-state index in [-0.39, 0.29) is 29.7 Å². The molecule has 4 heterocycles. The minimum Gasteiger partial charge on any atom is -0.506 e. The van der Waals surface area contributed by atoms with Gasteiger partial charge in [0.05, 0.1) is 27.7 Å². The Morgan fingerprint density at radius 2 is 1.77 bits per heavy atom. The first-order chi connectivity index (χ1) is 30.1. The summed E-state index contributed by atoms with van der Waals surface area (Å²) in [5, 5.41) is 31.4. The van der Waals surface area contributed by atoms with Gasteiger partial charge in [0.15, 0.2) is 5.82 Å². The average Bonchev–Trinajstić information content (AvgIpc) is 3.68. The molecule has 0 bridgehead atoms. The Kier molecular flexibility index (Phi) is 12.5. The summed E-state index contributed by atoms with van der Waals surface area (Å²) in [5.41, 5.74) is 4.47. The first kappa shape index (κ1) is 42.0. The second kappa shape index (κ2) is 18.5. The highest BCUT2D eigenvalue weighted by Crippen LogP contribution is 2.49. The van der Waals surface area contributed by atoms with E-state index in [9.17, 15) is 24.7 Å². The number of piperazine rings is 1. The number of hydrogen-bond acceptors (Lipinski definition) is 13. The molecule has 0 aliphatic carbocycles. The lowest BCUT2D eigenvalue weighted by Crippen LogP contribution is -2.45. The van der Waals surface area contributed by atoms with Gasteiger partial charge >= 0.3 is 5.97 Å². The molecule has 0 spiro atoms. The fourth-order valence-electron chi connectivity index (χ4n) is 7.14. The van der Waals surface area contributed by atoms with Crippen LogP contribution in [-0.4, -0.2) is 92.0 Å². The minimum absolute atomic E-state index is 0.00159. The van der Waals surface area contributed by atoms with Crippen molar-refractivity contribution in [3.63, 3.8) is 0 Å². The fourth-order valence-corrected chi connectivity index (χ4v) is 8.45. The number of phenolic OH excluding ortho intramolecular Hbond substituents is 1. The highest BCUT2D eigenvalue weighted by Gasteiger charge is 2.29. The molecule has 62 heavy (non-hydrogen) atoms. The van der Waals surface area contributed by atoms with Crippen LogP contribution in [0.4, 0.5) is 4.39 Å². The molecule has 1 atom stereocenters. The van der Waals surface area contributed by atoms with Crippen LogP contribution in [0.25, 0.3) is 43.2 Å². The smallest absolute Gasteiger partial charge is 0.345 e. The van der Waals surface area contributed by atoms with Crippen molar-refractivity contribution in [1.82, 2.24) is 29.7 Å². The summed E-state index contributed by atoms with van der Waals surface area (Å²) in [6.07, 6.45) is 1.24. The van der Waals surface area contributed by atoms with Crippen molar-refractivity contribution < 1.29 is 33.6 Å². The van der Waals surface area contributed by atoms with Crippen molar-refractivity contribution in [1.29, 1.82) is 5.26 Å². The molecule has 0 radical (unpaired) electrons. The van der Waals surface area contributed by atoms with Gasteiger partial charge < -0.3 is 29.3 Å². The zero-order valence-electron chi connectivity index (χ0n) is 33.6. The molecule has 0 amide bonds. The van der Waals surface area contributed by atoms with E-state index in [1.54, 1.807) is 73.8 Å². The van der Waals surface area contributed by atoms with Crippen molar-refractivity contribution in [3.05, 3.63) is 131 Å². The molecule has 8 rings (SSSR count). The largest absolute Gasteiger partial charge is 0.506 e. The van der Waals surface area contributed by atoms with Gasteiger partial charge in [-0.05, 0) is 85.3 Å². The summed E-state index contributed by atoms with van der Waals surface area (Å²) in [5.74, 6) is -0.515. The molecule has 1 saturated heterocycles. The number of thiophene rings is 1. The van der Waals surface area contributed by atoms with Gasteiger partial charge in [0, 0.05) is 60.4 Å². The molecule has 7 aromatic rings. The molecule has 1 aliphatic rings. The average molecular weight is 872 g/mol. The van der Waals surface area contributed by atoms with E-state index in [0.29, 0.717) is 83.8 Å². The van der Waals surface area contributed by atoms with E-state index in [2.05, 4.69) is 42.9 Å². The summed E-state index contributed by atoms with van der Waals surface area (Å²) < 4.78 is 33.1. The molecule has 0 saturated carbocycles. The Bertz CT molecular complexity index is 2810. The van der Waals surface area contributed by atoms with Crippen LogP contribution >= 0.6 is 22.9 Å². The number of benzene rings is 4. The Hall–Kier alpha value is -6.70. The number of hydrogen-bond donors (Lipinski definition) is 2. The maximum Gasteiger partial charge on any atom is 0.345 e. The predicted octanol–water partition coefficient (Wildman–Crippen LogP) is 8.40. The number of likely N-dealkylation sites (N-methyl/N-ethyl adjacent to an activating group) is 1. The minimum atomic E-state index is -1.48. The van der Waals surface area contributed by atoms with Crippen LogP contribution in [0.1, 0.15) is 22.4 Å². The Morgan fingerprint density at radius 1 is 0.984 bits per heavy atom. The van der Waals surface area contributed by atoms with Crippen molar-refractivity contribution in [2.24, 2.45) is 0 Å². The molecule has 3 aromatic heterocycles. The zero-order chi connectivity index (χ0) is 43.3. The van der Waals surface area contributed by atoms with Crippen LogP contribution in [-0.2, 0) is 17.8 Å². The number of halogens is 2. The fraction of sp³-hybridized carbons (Fsp3) is 0.217. The summed E-state index contributed by atoms with van der Waals surface area (Å²) >= 11 is 7.86. The van der Waals surface area contributed by atoms with Crippen molar-refractivity contribution in [2.75, 3.05) is 40.0 Å². The molecule has 0 unspecified atom stereocenters. The first-order valence-electron chi connectivity index (χ1n) is 19.6. The Morgan fingerprint density at radius 3 is 2.55 bits per heavy atom. The lowest BCUT2D eigenvalue weighted by Gasteiger charge is -2.32. The van der Waals surface area contributed by atoms with Crippen LogP contribution in [0, 0.1) is 24.1 Å². The zero-order valence-corrected chi connectivity index (χ0v) is 35.2. The van der Waals surface area contributed by atoms with Gasteiger partial charge in [-0.25, -0.2) is 29.1 Å². The molecule has 4 aromatic carbocycles. The first-order valence-corrected chi connectivity index (χ1v) is 20.8. The number of carboxylic acid groups (broad SMARTS) is 1. The topological polar surface area (TPSA) is 167 Å². The van der Waals surface area contributed by atoms with Crippen LogP contribution in [0.2, 0.25) is 5.02 Å². The maximum absolute atomic E-state index is 14.1. The maximum atomic E-state index is 14.1. The number of nitrogens with zero attached hydrogens (tertiary/aromatic N) is 7. The quantitative estimate of drug-likeness (QED) is 0.107. The van der Waals surface area contributed by atoms with Crippen LogP contribution < -0.4 is 14.2 Å². The number of phenols is 1. The number of rotatable bonds is 14. The molecule has 16 heteroatoms. The van der Waals surface area contributed by atoms with Crippen LogP contribution in [0.15, 0.2) is 97.5 Å². The van der Waals surface area contributed by atoms with E-state index in [1.807, 2.05) is 6.07 Å². The van der Waals surface area contributed by atoms with Gasteiger partial charge in [0.2, 0.25) is 12.0 Å². The van der Waals surface area contributed by atoms with Gasteiger partial charge in [-0.2, -0.15) is 5.26 Å². The van der Waals surface area contributed by atoms with E-state index in [1.165, 1.54) is 35.9 Å². The number of nitriles is 1. The summed E-state index contributed by atoms with van der Waals surface area (Å²) in [6.45, 7) is 5.62. The number of ether oxygens (including phenoxy) is 3. The SMILES string of the molecule is Cc1c(-c2c(-c3ccc(F)cc3)sc3ncnc(O[C@H](Cc4cc(OCN5CCN(C)CC5)ccc4OCc4ccnc(-c5ccccc5C#N)n4)C(=O)O)c23)ccc(O)c1Cl. The standard InChI is InChI=1S/C46H39ClFN7O6S/c1-27-34(12-13-36(56)41(27)47)39-40-44(51-25-52-45(40)62-42(39)28-7-9-31(48)10-8-28)61-38(46(57)58)22-30-21-33(60-26-55-19-17-54(2)18-20-55)11-14-37(30)59-24-32-15-16-50-43(53-32)35-6-4-3-5-29(35)23-49/h3-16,21,25,38,56H,17-20,22,24,26H2,1-2H3,(H,57,58)/t38-/m1/s1. The van der Waals surface area contributed by atoms with Crippen molar-refractivity contribution >= 4 is 39.1 Å². The lowest BCUT2D eigenvalue weighted by atomic mass is 9.96. The number of aromatic nitrogens is 4. The van der Waals surface area contributed by atoms with E-state index >= 15 is 0 Å².